The van der Waals surface area contributed by atoms with Gasteiger partial charge < -0.3 is 14.0 Å². The van der Waals surface area contributed by atoms with Crippen molar-refractivity contribution in [1.29, 1.82) is 0 Å². The Morgan fingerprint density at radius 2 is 2.35 bits per heavy atom. The Labute approximate surface area is 114 Å². The summed E-state index contributed by atoms with van der Waals surface area (Å²) in [6, 6.07) is 0. The normalized spacial score (nSPS) is 14.3. The van der Waals surface area contributed by atoms with Gasteiger partial charge in [-0.05, 0) is 12.5 Å². The molecule has 0 unspecified atom stereocenters. The van der Waals surface area contributed by atoms with Gasteiger partial charge in [-0.25, -0.2) is 4.98 Å². The Morgan fingerprint density at radius 1 is 1.55 bits per heavy atom. The predicted octanol–water partition coefficient (Wildman–Crippen LogP) is 0.210. The van der Waals surface area contributed by atoms with E-state index in [2.05, 4.69) is 9.72 Å². The van der Waals surface area contributed by atoms with E-state index in [4.69, 9.17) is 4.74 Å². The lowest BCUT2D eigenvalue weighted by atomic mass is 10.2. The average Bonchev–Trinajstić information content (AvgIpc) is 2.75. The molecule has 0 radical (unpaired) electrons. The van der Waals surface area contributed by atoms with Crippen LogP contribution in [0.2, 0.25) is 0 Å². The molecule has 7 heteroatoms. The monoisotopic (exact) mass is 277 g/mol. The SMILES string of the molecule is COC(=O)Cn1cc(C)c2c(=O)n3c(nc21)COCC3. The van der Waals surface area contributed by atoms with Gasteiger partial charge in [0, 0.05) is 6.20 Å². The summed E-state index contributed by atoms with van der Waals surface area (Å²) in [6.07, 6.45) is 1.75. The summed E-state index contributed by atoms with van der Waals surface area (Å²) in [6.45, 7) is 3.22. The molecule has 0 atom stereocenters. The molecule has 0 fully saturated rings. The van der Waals surface area contributed by atoms with Gasteiger partial charge in [0.05, 0.1) is 25.6 Å². The number of nitrogens with zero attached hydrogens (tertiary/aromatic N) is 3. The van der Waals surface area contributed by atoms with E-state index in [0.29, 0.717) is 36.6 Å². The van der Waals surface area contributed by atoms with Crippen molar-refractivity contribution in [1.82, 2.24) is 14.1 Å². The van der Waals surface area contributed by atoms with Gasteiger partial charge in [0.15, 0.2) is 0 Å². The van der Waals surface area contributed by atoms with Gasteiger partial charge >= 0.3 is 5.97 Å². The standard InChI is InChI=1S/C13H15N3O4/c1-8-5-15(6-10(17)19-2)12-11(8)13(18)16-3-4-20-7-9(16)14-12/h5H,3-4,6-7H2,1-2H3. The third-order valence-corrected chi connectivity index (χ3v) is 3.46. The molecular weight excluding hydrogens is 262 g/mol. The number of fused-ring (bicyclic) bond motifs is 2. The topological polar surface area (TPSA) is 75.4 Å². The van der Waals surface area contributed by atoms with Crippen LogP contribution >= 0.6 is 0 Å². The number of hydrogen-bond donors (Lipinski definition) is 0. The minimum absolute atomic E-state index is 0.0393. The summed E-state index contributed by atoms with van der Waals surface area (Å²) in [7, 11) is 1.33. The second-order valence-electron chi connectivity index (χ2n) is 4.75. The maximum atomic E-state index is 12.5. The van der Waals surface area contributed by atoms with Crippen molar-refractivity contribution in [3.63, 3.8) is 0 Å². The number of carbonyl (C=O) groups excluding carboxylic acids is 1. The van der Waals surface area contributed by atoms with Gasteiger partial charge in [-0.1, -0.05) is 0 Å². The quantitative estimate of drug-likeness (QED) is 0.733. The van der Waals surface area contributed by atoms with Crippen LogP contribution in [0.3, 0.4) is 0 Å². The van der Waals surface area contributed by atoms with Crippen molar-refractivity contribution in [2.45, 2.75) is 26.6 Å². The van der Waals surface area contributed by atoms with Gasteiger partial charge in [0.25, 0.3) is 5.56 Å². The molecule has 2 aromatic heterocycles. The molecule has 7 nitrogen and oxygen atoms in total. The smallest absolute Gasteiger partial charge is 0.325 e. The van der Waals surface area contributed by atoms with Crippen molar-refractivity contribution >= 4 is 17.0 Å². The summed E-state index contributed by atoms with van der Waals surface area (Å²) in [5.41, 5.74) is 1.24. The van der Waals surface area contributed by atoms with E-state index in [0.717, 1.165) is 5.56 Å². The molecule has 0 aliphatic carbocycles. The average molecular weight is 277 g/mol. The first-order valence-corrected chi connectivity index (χ1v) is 6.35. The van der Waals surface area contributed by atoms with Crippen LogP contribution < -0.4 is 5.56 Å². The van der Waals surface area contributed by atoms with Gasteiger partial charge in [-0.3, -0.25) is 14.2 Å². The highest BCUT2D eigenvalue weighted by Crippen LogP contribution is 2.17. The Bertz CT molecular complexity index is 744. The summed E-state index contributed by atoms with van der Waals surface area (Å²) in [5, 5.41) is 0.555. The fourth-order valence-corrected chi connectivity index (χ4v) is 2.48. The number of carbonyl (C=O) groups is 1. The highest BCUT2D eigenvalue weighted by atomic mass is 16.5. The van der Waals surface area contributed by atoms with Crippen LogP contribution in [0.25, 0.3) is 11.0 Å². The van der Waals surface area contributed by atoms with E-state index in [1.807, 2.05) is 6.92 Å². The van der Waals surface area contributed by atoms with Crippen molar-refractivity contribution in [3.8, 4) is 0 Å². The van der Waals surface area contributed by atoms with E-state index in [9.17, 15) is 9.59 Å². The molecule has 20 heavy (non-hydrogen) atoms. The van der Waals surface area contributed by atoms with Crippen LogP contribution in [0.1, 0.15) is 11.4 Å². The van der Waals surface area contributed by atoms with Crippen LogP contribution in [-0.2, 0) is 34.0 Å². The maximum absolute atomic E-state index is 12.5. The molecule has 1 aliphatic rings. The molecule has 0 spiro atoms. The molecule has 0 bridgehead atoms. The van der Waals surface area contributed by atoms with Crippen LogP contribution in [0.15, 0.2) is 11.0 Å². The summed E-state index contributed by atoms with van der Waals surface area (Å²) >= 11 is 0. The molecule has 0 N–H and O–H groups in total. The molecule has 2 aromatic rings. The lowest BCUT2D eigenvalue weighted by Gasteiger charge is -2.18. The Morgan fingerprint density at radius 3 is 3.10 bits per heavy atom. The number of aromatic nitrogens is 3. The van der Waals surface area contributed by atoms with Gasteiger partial charge in [-0.2, -0.15) is 0 Å². The highest BCUT2D eigenvalue weighted by Gasteiger charge is 2.20. The molecular formula is C13H15N3O4. The number of hydrogen-bond acceptors (Lipinski definition) is 5. The Balaban J connectivity index is 2.23. The van der Waals surface area contributed by atoms with E-state index in [1.54, 1.807) is 15.3 Å². The lowest BCUT2D eigenvalue weighted by Crippen LogP contribution is -2.31. The fourth-order valence-electron chi connectivity index (χ4n) is 2.48. The minimum Gasteiger partial charge on any atom is -0.468 e. The highest BCUT2D eigenvalue weighted by molar-refractivity contribution is 5.81. The van der Waals surface area contributed by atoms with Crippen molar-refractivity contribution in [2.75, 3.05) is 13.7 Å². The number of aryl methyl sites for hydroxylation is 1. The second-order valence-corrected chi connectivity index (χ2v) is 4.75. The van der Waals surface area contributed by atoms with Crippen LogP contribution in [-0.4, -0.2) is 33.8 Å². The molecule has 3 heterocycles. The molecule has 0 saturated carbocycles. The molecule has 0 aromatic carbocycles. The van der Waals surface area contributed by atoms with Crippen molar-refractivity contribution < 1.29 is 14.3 Å². The summed E-state index contributed by atoms with van der Waals surface area (Å²) < 4.78 is 13.3. The molecule has 1 aliphatic heterocycles. The molecule has 106 valence electrons. The first-order valence-electron chi connectivity index (χ1n) is 6.35. The number of methoxy groups -OCH3 is 1. The maximum Gasteiger partial charge on any atom is 0.325 e. The zero-order valence-electron chi connectivity index (χ0n) is 11.4. The summed E-state index contributed by atoms with van der Waals surface area (Å²) in [4.78, 5) is 28.4. The lowest BCUT2D eigenvalue weighted by molar-refractivity contribution is -0.141. The van der Waals surface area contributed by atoms with Gasteiger partial charge in [0.2, 0.25) is 0 Å². The third kappa shape index (κ3) is 1.90. The van der Waals surface area contributed by atoms with Crippen LogP contribution in [0, 0.1) is 6.92 Å². The second kappa shape index (κ2) is 4.75. The number of rotatable bonds is 2. The predicted molar refractivity (Wildman–Crippen MR) is 70.4 cm³/mol. The molecule has 0 saturated heterocycles. The fraction of sp³-hybridized carbons (Fsp3) is 0.462. The zero-order valence-corrected chi connectivity index (χ0v) is 11.4. The van der Waals surface area contributed by atoms with Crippen LogP contribution in [0.5, 0.6) is 0 Å². The van der Waals surface area contributed by atoms with E-state index in [-0.39, 0.29) is 18.1 Å². The van der Waals surface area contributed by atoms with Crippen LogP contribution in [0.4, 0.5) is 0 Å². The Kier molecular flexibility index (Phi) is 3.06. The van der Waals surface area contributed by atoms with Crippen molar-refractivity contribution in [2.24, 2.45) is 0 Å². The van der Waals surface area contributed by atoms with E-state index in [1.165, 1.54) is 7.11 Å². The summed E-state index contributed by atoms with van der Waals surface area (Å²) in [5.74, 6) is 0.218. The zero-order chi connectivity index (χ0) is 14.3. The first kappa shape index (κ1) is 12.9. The van der Waals surface area contributed by atoms with Gasteiger partial charge in [-0.15, -0.1) is 0 Å². The first-order chi connectivity index (χ1) is 9.61. The molecule has 0 amide bonds. The number of esters is 1. The van der Waals surface area contributed by atoms with Crippen molar-refractivity contribution in [3.05, 3.63) is 27.9 Å². The largest absolute Gasteiger partial charge is 0.468 e. The number of ether oxygens (including phenoxy) is 2. The van der Waals surface area contributed by atoms with E-state index < -0.39 is 0 Å². The molecule has 3 rings (SSSR count). The van der Waals surface area contributed by atoms with Gasteiger partial charge in [0.1, 0.15) is 24.6 Å². The Hall–Kier alpha value is -2.15. The van der Waals surface area contributed by atoms with E-state index >= 15 is 0 Å². The minimum atomic E-state index is -0.377. The third-order valence-electron chi connectivity index (χ3n) is 3.46.